The lowest BCUT2D eigenvalue weighted by molar-refractivity contribution is -0.147. The van der Waals surface area contributed by atoms with Crippen molar-refractivity contribution in [3.05, 3.63) is 28.2 Å². The van der Waals surface area contributed by atoms with Crippen molar-refractivity contribution in [2.24, 2.45) is 5.92 Å². The molecular weight excluding hydrogens is 536 g/mol. The third kappa shape index (κ3) is 11.5. The number of rotatable bonds is 17. The van der Waals surface area contributed by atoms with Crippen LogP contribution in [0.5, 0.6) is 5.75 Å². The van der Waals surface area contributed by atoms with Crippen molar-refractivity contribution in [1.29, 1.82) is 0 Å². The van der Waals surface area contributed by atoms with Gasteiger partial charge in [-0.1, -0.05) is 78.6 Å². The Morgan fingerprint density at radius 1 is 1.05 bits per heavy atom. The quantitative estimate of drug-likeness (QED) is 0.173. The summed E-state index contributed by atoms with van der Waals surface area (Å²) in [5, 5.41) is 2.76. The second-order valence-corrected chi connectivity index (χ2v) is 11.1. The van der Waals surface area contributed by atoms with Crippen LogP contribution >= 0.6 is 15.9 Å². The average molecular weight is 582 g/mol. The number of esters is 1. The number of benzene rings is 1. The molecule has 1 aromatic carbocycles. The van der Waals surface area contributed by atoms with Crippen LogP contribution in [0.2, 0.25) is 0 Å². The van der Waals surface area contributed by atoms with Crippen molar-refractivity contribution >= 4 is 33.7 Å². The van der Waals surface area contributed by atoms with Crippen LogP contribution in [0.1, 0.15) is 102 Å². The summed E-state index contributed by atoms with van der Waals surface area (Å²) in [5.41, 5.74) is 0.433. The fraction of sp³-hybridized carbons (Fsp3) is 0.690. The first-order valence-corrected chi connectivity index (χ1v) is 14.8. The van der Waals surface area contributed by atoms with Gasteiger partial charge in [-0.15, -0.1) is 0 Å². The van der Waals surface area contributed by atoms with Gasteiger partial charge in [0.05, 0.1) is 24.1 Å². The van der Waals surface area contributed by atoms with E-state index in [0.717, 1.165) is 19.3 Å². The number of amides is 2. The standard InChI is InChI=1S/C29H45BrN2O5/c1-4-5-6-7-8-9-10-11-12-13-18-36-27(33)20-25-28(34)31-16-17-32(25)29(35)23-14-15-26(24(30)19-23)37-21-22(2)3/h14-15,19,22,25H,4-13,16-18,20-21H2,1-3H3,(H,31,34). The molecule has 1 aromatic rings. The number of piperazine rings is 1. The molecule has 2 amide bonds. The topological polar surface area (TPSA) is 84.9 Å². The maximum Gasteiger partial charge on any atom is 0.308 e. The van der Waals surface area contributed by atoms with Gasteiger partial charge in [-0.2, -0.15) is 0 Å². The molecule has 0 aliphatic carbocycles. The molecule has 7 nitrogen and oxygen atoms in total. The van der Waals surface area contributed by atoms with Crippen molar-refractivity contribution in [3.8, 4) is 5.75 Å². The van der Waals surface area contributed by atoms with Gasteiger partial charge in [-0.05, 0) is 46.5 Å². The van der Waals surface area contributed by atoms with Crippen LogP contribution in [0, 0.1) is 5.92 Å². The fourth-order valence-corrected chi connectivity index (χ4v) is 4.82. The number of nitrogens with zero attached hydrogens (tertiary/aromatic N) is 1. The summed E-state index contributed by atoms with van der Waals surface area (Å²) >= 11 is 3.48. The minimum absolute atomic E-state index is 0.147. The number of unbranched alkanes of at least 4 members (excludes halogenated alkanes) is 9. The Kier molecular flexibility index (Phi) is 14.7. The van der Waals surface area contributed by atoms with Gasteiger partial charge in [0.2, 0.25) is 5.91 Å². The molecule has 0 aromatic heterocycles. The van der Waals surface area contributed by atoms with Crippen LogP contribution in [0.3, 0.4) is 0 Å². The first kappa shape index (κ1) is 31.1. The maximum atomic E-state index is 13.3. The molecule has 0 spiro atoms. The Hall–Kier alpha value is -2.09. The summed E-state index contributed by atoms with van der Waals surface area (Å²) in [7, 11) is 0. The van der Waals surface area contributed by atoms with E-state index in [1.54, 1.807) is 18.2 Å². The first-order valence-electron chi connectivity index (χ1n) is 14.0. The Morgan fingerprint density at radius 2 is 1.70 bits per heavy atom. The zero-order valence-electron chi connectivity index (χ0n) is 22.9. The maximum absolute atomic E-state index is 13.3. The second kappa shape index (κ2) is 17.4. The van der Waals surface area contributed by atoms with Gasteiger partial charge in [0.1, 0.15) is 11.8 Å². The summed E-state index contributed by atoms with van der Waals surface area (Å²) < 4.78 is 11.8. The number of carbonyl (C=O) groups excluding carboxylic acids is 3. The van der Waals surface area contributed by atoms with E-state index >= 15 is 0 Å². The molecule has 208 valence electrons. The number of halogens is 1. The molecule has 1 saturated heterocycles. The van der Waals surface area contributed by atoms with Crippen molar-refractivity contribution in [3.63, 3.8) is 0 Å². The summed E-state index contributed by atoms with van der Waals surface area (Å²) in [5.74, 6) is -0.0290. The largest absolute Gasteiger partial charge is 0.492 e. The van der Waals surface area contributed by atoms with E-state index in [-0.39, 0.29) is 18.2 Å². The Bertz CT molecular complexity index is 861. The van der Waals surface area contributed by atoms with Crippen LogP contribution in [0.4, 0.5) is 0 Å². The number of ether oxygens (including phenoxy) is 2. The summed E-state index contributed by atoms with van der Waals surface area (Å²) in [6.07, 6.45) is 11.9. The lowest BCUT2D eigenvalue weighted by Crippen LogP contribution is -2.57. The van der Waals surface area contributed by atoms with Crippen molar-refractivity contribution < 1.29 is 23.9 Å². The molecule has 37 heavy (non-hydrogen) atoms. The zero-order chi connectivity index (χ0) is 27.0. The molecule has 1 N–H and O–H groups in total. The van der Waals surface area contributed by atoms with E-state index in [2.05, 4.69) is 42.0 Å². The fourth-order valence-electron chi connectivity index (χ4n) is 4.33. The third-order valence-electron chi connectivity index (χ3n) is 6.46. The highest BCUT2D eigenvalue weighted by molar-refractivity contribution is 9.10. The predicted molar refractivity (Wildman–Crippen MR) is 150 cm³/mol. The van der Waals surface area contributed by atoms with E-state index in [1.807, 2.05) is 0 Å². The van der Waals surface area contributed by atoms with Gasteiger partial charge in [0.25, 0.3) is 5.91 Å². The predicted octanol–water partition coefficient (Wildman–Crippen LogP) is 6.28. The lowest BCUT2D eigenvalue weighted by atomic mass is 10.1. The van der Waals surface area contributed by atoms with Crippen LogP contribution in [0.25, 0.3) is 0 Å². The molecule has 0 radical (unpaired) electrons. The molecule has 0 saturated carbocycles. The highest BCUT2D eigenvalue weighted by atomic mass is 79.9. The van der Waals surface area contributed by atoms with Gasteiger partial charge in [-0.3, -0.25) is 14.4 Å². The number of hydrogen-bond acceptors (Lipinski definition) is 5. The molecule has 8 heteroatoms. The Morgan fingerprint density at radius 3 is 2.32 bits per heavy atom. The normalized spacial score (nSPS) is 15.5. The molecule has 1 heterocycles. The third-order valence-corrected chi connectivity index (χ3v) is 7.08. The summed E-state index contributed by atoms with van der Waals surface area (Å²) in [6.45, 7) is 7.97. The van der Waals surface area contributed by atoms with Gasteiger partial charge < -0.3 is 19.7 Å². The number of carbonyl (C=O) groups is 3. The van der Waals surface area contributed by atoms with Crippen LogP contribution in [0.15, 0.2) is 22.7 Å². The van der Waals surface area contributed by atoms with Gasteiger partial charge in [-0.25, -0.2) is 0 Å². The van der Waals surface area contributed by atoms with E-state index < -0.39 is 12.0 Å². The van der Waals surface area contributed by atoms with E-state index in [9.17, 15) is 14.4 Å². The van der Waals surface area contributed by atoms with E-state index in [1.165, 1.54) is 49.8 Å². The molecule has 1 aliphatic heterocycles. The first-order chi connectivity index (χ1) is 17.8. The monoisotopic (exact) mass is 580 g/mol. The Balaban J connectivity index is 1.78. The van der Waals surface area contributed by atoms with Crippen molar-refractivity contribution in [2.45, 2.75) is 97.4 Å². The van der Waals surface area contributed by atoms with Crippen molar-refractivity contribution in [1.82, 2.24) is 10.2 Å². The van der Waals surface area contributed by atoms with Crippen LogP contribution in [-0.2, 0) is 14.3 Å². The number of hydrogen-bond donors (Lipinski definition) is 1. The molecule has 0 bridgehead atoms. The minimum atomic E-state index is -0.878. The summed E-state index contributed by atoms with van der Waals surface area (Å²) in [4.78, 5) is 39.8. The van der Waals surface area contributed by atoms with Gasteiger partial charge in [0, 0.05) is 18.7 Å². The number of nitrogens with one attached hydrogen (secondary N) is 1. The van der Waals surface area contributed by atoms with Crippen LogP contribution < -0.4 is 10.1 Å². The zero-order valence-corrected chi connectivity index (χ0v) is 24.4. The van der Waals surface area contributed by atoms with Gasteiger partial charge in [0.15, 0.2) is 0 Å². The van der Waals surface area contributed by atoms with Gasteiger partial charge >= 0.3 is 5.97 Å². The lowest BCUT2D eigenvalue weighted by Gasteiger charge is -2.34. The molecule has 2 rings (SSSR count). The SMILES string of the molecule is CCCCCCCCCCCCOC(=O)CC1C(=O)NCCN1C(=O)c1ccc(OCC(C)C)c(Br)c1. The highest BCUT2D eigenvalue weighted by Gasteiger charge is 2.35. The summed E-state index contributed by atoms with van der Waals surface area (Å²) in [6, 6.07) is 4.26. The second-order valence-electron chi connectivity index (χ2n) is 10.3. The smallest absolute Gasteiger partial charge is 0.308 e. The van der Waals surface area contributed by atoms with Crippen LogP contribution in [-0.4, -0.2) is 55.0 Å². The molecule has 1 fully saturated rings. The minimum Gasteiger partial charge on any atom is -0.492 e. The van der Waals surface area contributed by atoms with Crippen molar-refractivity contribution in [2.75, 3.05) is 26.3 Å². The average Bonchev–Trinajstić information content (AvgIpc) is 2.87. The Labute approximate surface area is 231 Å². The molecule has 1 atom stereocenters. The van der Waals surface area contributed by atoms with E-state index in [0.29, 0.717) is 48.0 Å². The molecular formula is C29H45BrN2O5. The highest BCUT2D eigenvalue weighted by Crippen LogP contribution is 2.28. The van der Waals surface area contributed by atoms with E-state index in [4.69, 9.17) is 9.47 Å². The molecule has 1 unspecified atom stereocenters. The molecule has 1 aliphatic rings.